The molecule has 1 aromatic carbocycles. The summed E-state index contributed by atoms with van der Waals surface area (Å²) in [5, 5.41) is 0.552. The Morgan fingerprint density at radius 3 is 2.10 bits per heavy atom. The molecule has 0 saturated carbocycles. The number of hydrogen-bond acceptors (Lipinski definition) is 2. The minimum atomic E-state index is 0.263. The van der Waals surface area contributed by atoms with Crippen molar-refractivity contribution < 1.29 is 0 Å². The molecule has 0 atom stereocenters. The molecule has 0 saturated heterocycles. The van der Waals surface area contributed by atoms with Crippen LogP contribution in [0.25, 0.3) is 11.3 Å². The Kier molecular flexibility index (Phi) is 4.14. The van der Waals surface area contributed by atoms with Gasteiger partial charge in [0.15, 0.2) is 0 Å². The van der Waals surface area contributed by atoms with E-state index < -0.39 is 0 Å². The van der Waals surface area contributed by atoms with Gasteiger partial charge in [-0.25, -0.2) is 9.97 Å². The third kappa shape index (κ3) is 2.71. The van der Waals surface area contributed by atoms with E-state index in [2.05, 4.69) is 51.7 Å². The summed E-state index contributed by atoms with van der Waals surface area (Å²) in [6.45, 7) is 12.5. The molecule has 0 spiro atoms. The molecular weight excluding hydrogens is 268 g/mol. The van der Waals surface area contributed by atoms with E-state index in [4.69, 9.17) is 16.6 Å². The highest BCUT2D eigenvalue weighted by Crippen LogP contribution is 2.31. The molecule has 0 amide bonds. The van der Waals surface area contributed by atoms with Gasteiger partial charge >= 0.3 is 0 Å². The molecule has 0 aliphatic rings. The molecule has 0 radical (unpaired) electrons. The van der Waals surface area contributed by atoms with Gasteiger partial charge in [0.25, 0.3) is 0 Å². The van der Waals surface area contributed by atoms with Crippen LogP contribution in [0.5, 0.6) is 0 Å². The van der Waals surface area contributed by atoms with E-state index in [1.807, 2.05) is 6.92 Å². The lowest BCUT2D eigenvalue weighted by atomic mass is 9.96. The fourth-order valence-electron chi connectivity index (χ4n) is 2.24. The van der Waals surface area contributed by atoms with Crippen LogP contribution in [0.4, 0.5) is 0 Å². The van der Waals surface area contributed by atoms with Crippen molar-refractivity contribution in [1.29, 1.82) is 0 Å². The first-order valence-corrected chi connectivity index (χ1v) is 7.31. The van der Waals surface area contributed by atoms with Gasteiger partial charge in [0.1, 0.15) is 11.0 Å². The summed E-state index contributed by atoms with van der Waals surface area (Å²) in [5.41, 5.74) is 6.84. The van der Waals surface area contributed by atoms with Gasteiger partial charge < -0.3 is 0 Å². The Morgan fingerprint density at radius 1 is 0.900 bits per heavy atom. The van der Waals surface area contributed by atoms with Gasteiger partial charge in [-0.2, -0.15) is 0 Å². The molecule has 2 aromatic rings. The number of aryl methyl sites for hydroxylation is 3. The zero-order chi connectivity index (χ0) is 15.0. The monoisotopic (exact) mass is 288 g/mol. The maximum Gasteiger partial charge on any atom is 0.136 e. The van der Waals surface area contributed by atoms with Gasteiger partial charge in [-0.05, 0) is 50.5 Å². The second-order valence-corrected chi connectivity index (χ2v) is 6.11. The van der Waals surface area contributed by atoms with Crippen LogP contribution in [0.2, 0.25) is 5.15 Å². The third-order valence-electron chi connectivity index (χ3n) is 3.72. The number of hydrogen-bond donors (Lipinski definition) is 0. The van der Waals surface area contributed by atoms with Gasteiger partial charge in [-0.1, -0.05) is 31.5 Å². The quantitative estimate of drug-likeness (QED) is 0.714. The van der Waals surface area contributed by atoms with Crippen molar-refractivity contribution in [2.75, 3.05) is 0 Å². The Labute approximate surface area is 126 Å². The Hall–Kier alpha value is -1.41. The lowest BCUT2D eigenvalue weighted by Crippen LogP contribution is -2.03. The molecule has 0 aliphatic heterocycles. The fraction of sp³-hybridized carbons (Fsp3) is 0.412. The fourth-order valence-corrected chi connectivity index (χ4v) is 2.42. The molecule has 1 aromatic heterocycles. The summed E-state index contributed by atoms with van der Waals surface area (Å²) in [5.74, 6) is 1.06. The van der Waals surface area contributed by atoms with Crippen LogP contribution in [0.15, 0.2) is 12.1 Å². The minimum absolute atomic E-state index is 0.263. The smallest absolute Gasteiger partial charge is 0.136 e. The summed E-state index contributed by atoms with van der Waals surface area (Å²) in [6, 6.07) is 4.40. The van der Waals surface area contributed by atoms with Crippen molar-refractivity contribution in [1.82, 2.24) is 9.97 Å². The van der Waals surface area contributed by atoms with Crippen LogP contribution in [0.3, 0.4) is 0 Å². The van der Waals surface area contributed by atoms with E-state index >= 15 is 0 Å². The van der Waals surface area contributed by atoms with Crippen LogP contribution in [0, 0.1) is 27.7 Å². The molecule has 0 bridgehead atoms. The number of aromatic nitrogens is 2. The summed E-state index contributed by atoms with van der Waals surface area (Å²) < 4.78 is 0. The molecular formula is C17H21ClN2. The average molecular weight is 289 g/mol. The number of benzene rings is 1. The highest BCUT2D eigenvalue weighted by Gasteiger charge is 2.15. The van der Waals surface area contributed by atoms with Gasteiger partial charge in [-0.3, -0.25) is 0 Å². The molecule has 0 unspecified atom stereocenters. The average Bonchev–Trinajstić information content (AvgIpc) is 2.37. The number of halogens is 1. The second-order valence-electron chi connectivity index (χ2n) is 5.75. The van der Waals surface area contributed by atoms with Crippen molar-refractivity contribution in [3.8, 4) is 11.3 Å². The van der Waals surface area contributed by atoms with E-state index in [0.29, 0.717) is 5.15 Å². The molecule has 0 N–H and O–H groups in total. The summed E-state index contributed by atoms with van der Waals surface area (Å²) in [6.07, 6.45) is 0. The first kappa shape index (κ1) is 15.0. The van der Waals surface area contributed by atoms with E-state index in [1.54, 1.807) is 0 Å². The van der Waals surface area contributed by atoms with Crippen LogP contribution in [-0.4, -0.2) is 9.97 Å². The van der Waals surface area contributed by atoms with E-state index in [1.165, 1.54) is 16.7 Å². The second kappa shape index (κ2) is 5.53. The summed E-state index contributed by atoms with van der Waals surface area (Å²) in [4.78, 5) is 9.12. The SMILES string of the molecule is Cc1cc(C)c(-c2nc(C(C)C)nc(Cl)c2C)cc1C. The lowest BCUT2D eigenvalue weighted by Gasteiger charge is -2.14. The van der Waals surface area contributed by atoms with E-state index in [-0.39, 0.29) is 5.92 Å². The van der Waals surface area contributed by atoms with Crippen molar-refractivity contribution in [3.63, 3.8) is 0 Å². The molecule has 2 rings (SSSR count). The lowest BCUT2D eigenvalue weighted by molar-refractivity contribution is 0.773. The van der Waals surface area contributed by atoms with Crippen LogP contribution < -0.4 is 0 Å². The molecule has 0 fully saturated rings. The normalized spacial score (nSPS) is 11.2. The van der Waals surface area contributed by atoms with Gasteiger partial charge in [0.05, 0.1) is 5.69 Å². The van der Waals surface area contributed by atoms with Crippen LogP contribution >= 0.6 is 11.6 Å². The Balaban J connectivity index is 2.72. The van der Waals surface area contributed by atoms with Crippen molar-refractivity contribution in [2.24, 2.45) is 0 Å². The van der Waals surface area contributed by atoms with Gasteiger partial charge in [0, 0.05) is 17.0 Å². The Morgan fingerprint density at radius 2 is 1.50 bits per heavy atom. The maximum atomic E-state index is 6.29. The standard InChI is InChI=1S/C17H21ClN2/c1-9(2)17-19-15(13(6)16(18)20-17)14-8-11(4)10(3)7-12(14)5/h7-9H,1-6H3. The number of rotatable bonds is 2. The van der Waals surface area contributed by atoms with Crippen molar-refractivity contribution in [3.05, 3.63) is 45.4 Å². The maximum absolute atomic E-state index is 6.29. The van der Waals surface area contributed by atoms with Crippen molar-refractivity contribution in [2.45, 2.75) is 47.5 Å². The molecule has 0 aliphatic carbocycles. The van der Waals surface area contributed by atoms with Crippen molar-refractivity contribution >= 4 is 11.6 Å². The highest BCUT2D eigenvalue weighted by molar-refractivity contribution is 6.30. The van der Waals surface area contributed by atoms with Gasteiger partial charge in [-0.15, -0.1) is 0 Å². The first-order chi connectivity index (χ1) is 9.31. The summed E-state index contributed by atoms with van der Waals surface area (Å²) >= 11 is 6.29. The predicted molar refractivity (Wildman–Crippen MR) is 85.5 cm³/mol. The molecule has 20 heavy (non-hydrogen) atoms. The first-order valence-electron chi connectivity index (χ1n) is 6.93. The minimum Gasteiger partial charge on any atom is -0.232 e. The largest absolute Gasteiger partial charge is 0.232 e. The highest BCUT2D eigenvalue weighted by atomic mass is 35.5. The zero-order valence-corrected chi connectivity index (χ0v) is 13.8. The molecule has 3 heteroatoms. The molecule has 2 nitrogen and oxygen atoms in total. The van der Waals surface area contributed by atoms with Crippen LogP contribution in [0.1, 0.15) is 47.8 Å². The summed E-state index contributed by atoms with van der Waals surface area (Å²) in [7, 11) is 0. The Bertz CT molecular complexity index is 661. The van der Waals surface area contributed by atoms with E-state index in [9.17, 15) is 0 Å². The predicted octanol–water partition coefficient (Wildman–Crippen LogP) is 5.15. The third-order valence-corrected chi connectivity index (χ3v) is 4.08. The number of nitrogens with zero attached hydrogens (tertiary/aromatic N) is 2. The van der Waals surface area contributed by atoms with Gasteiger partial charge in [0.2, 0.25) is 0 Å². The van der Waals surface area contributed by atoms with E-state index in [0.717, 1.165) is 22.6 Å². The zero-order valence-electron chi connectivity index (χ0n) is 13.0. The molecule has 106 valence electrons. The van der Waals surface area contributed by atoms with Crippen LogP contribution in [-0.2, 0) is 0 Å². The molecule has 1 heterocycles. The topological polar surface area (TPSA) is 25.8 Å².